The maximum absolute atomic E-state index is 13.4. The predicted molar refractivity (Wildman–Crippen MR) is 116 cm³/mol. The summed E-state index contributed by atoms with van der Waals surface area (Å²) in [6.07, 6.45) is 2.71. The van der Waals surface area contributed by atoms with Crippen LogP contribution in [-0.4, -0.2) is 22.5 Å². The van der Waals surface area contributed by atoms with Gasteiger partial charge in [0.1, 0.15) is 0 Å². The van der Waals surface area contributed by atoms with Crippen molar-refractivity contribution in [3.63, 3.8) is 0 Å². The van der Waals surface area contributed by atoms with Gasteiger partial charge >= 0.3 is 0 Å². The largest absolute Gasteiger partial charge is 0.373 e. The van der Waals surface area contributed by atoms with Crippen molar-refractivity contribution in [2.75, 3.05) is 0 Å². The Balaban J connectivity index is 1.96. The van der Waals surface area contributed by atoms with Gasteiger partial charge in [-0.3, -0.25) is 0 Å². The van der Waals surface area contributed by atoms with E-state index in [-0.39, 0.29) is 10.7 Å². The molecule has 0 spiro atoms. The molecule has 4 rings (SSSR count). The highest BCUT2D eigenvalue weighted by Crippen LogP contribution is 2.37. The molecule has 1 aromatic heterocycles. The van der Waals surface area contributed by atoms with E-state index in [2.05, 4.69) is 4.98 Å². The number of aromatic nitrogens is 2. The summed E-state index contributed by atoms with van der Waals surface area (Å²) in [5.41, 5.74) is 0.0675. The highest BCUT2D eigenvalue weighted by atomic mass is 35.5. The molecule has 0 fully saturated rings. The molecule has 3 aromatic carbocycles. The molecule has 30 heavy (non-hydrogen) atoms. The molecule has 152 valence electrons. The number of imidazole rings is 1. The minimum atomic E-state index is -3.98. The molecule has 0 radical (unpaired) electrons. The van der Waals surface area contributed by atoms with Crippen LogP contribution in [0.5, 0.6) is 0 Å². The quantitative estimate of drug-likeness (QED) is 0.502. The lowest BCUT2D eigenvalue weighted by Gasteiger charge is -2.29. The van der Waals surface area contributed by atoms with Crippen molar-refractivity contribution in [3.8, 4) is 0 Å². The van der Waals surface area contributed by atoms with Crippen molar-refractivity contribution in [2.45, 2.75) is 17.4 Å². The first-order valence-corrected chi connectivity index (χ1v) is 11.1. The Hall–Kier alpha value is -2.93. The van der Waals surface area contributed by atoms with E-state index in [1.165, 1.54) is 24.5 Å². The van der Waals surface area contributed by atoms with Crippen LogP contribution in [0.2, 0.25) is 5.02 Å². The maximum atomic E-state index is 13.4. The Kier molecular flexibility index (Phi) is 5.24. The van der Waals surface area contributed by atoms with Gasteiger partial charge in [-0.15, -0.1) is 0 Å². The van der Waals surface area contributed by atoms with Crippen molar-refractivity contribution in [1.82, 2.24) is 8.96 Å². The number of halogens is 1. The molecule has 1 N–H and O–H groups in total. The summed E-state index contributed by atoms with van der Waals surface area (Å²) < 4.78 is 27.8. The van der Waals surface area contributed by atoms with Crippen LogP contribution in [0.4, 0.5) is 0 Å². The van der Waals surface area contributed by atoms with Gasteiger partial charge < -0.3 is 5.11 Å². The Morgan fingerprint density at radius 2 is 1.50 bits per heavy atom. The zero-order chi connectivity index (χ0) is 21.4. The maximum Gasteiger partial charge on any atom is 0.269 e. The Labute approximate surface area is 180 Å². The second-order valence-corrected chi connectivity index (χ2v) is 9.20. The average molecular weight is 439 g/mol. The van der Waals surface area contributed by atoms with Crippen LogP contribution in [0.25, 0.3) is 0 Å². The third-order valence-corrected chi connectivity index (χ3v) is 6.90. The molecule has 4 aromatic rings. The van der Waals surface area contributed by atoms with E-state index < -0.39 is 15.6 Å². The first kappa shape index (κ1) is 20.3. The first-order valence-electron chi connectivity index (χ1n) is 9.23. The fraction of sp³-hybridized carbons (Fsp3) is 0.0870. The summed E-state index contributed by atoms with van der Waals surface area (Å²) in [6.45, 7) is 1.88. The highest BCUT2D eigenvalue weighted by Gasteiger charge is 2.40. The van der Waals surface area contributed by atoms with Gasteiger partial charge in [0.25, 0.3) is 10.0 Å². The van der Waals surface area contributed by atoms with Gasteiger partial charge in [-0.05, 0) is 42.3 Å². The number of hydrogen-bond acceptors (Lipinski definition) is 4. The number of nitrogens with zero attached hydrogens (tertiary/aromatic N) is 2. The fourth-order valence-corrected chi connectivity index (χ4v) is 4.81. The summed E-state index contributed by atoms with van der Waals surface area (Å²) in [6, 6.07) is 22.0. The average Bonchev–Trinajstić information content (AvgIpc) is 3.26. The summed E-state index contributed by atoms with van der Waals surface area (Å²) >= 11 is 6.03. The number of rotatable bonds is 5. The normalized spacial score (nSPS) is 13.7. The Morgan fingerprint density at radius 3 is 2.13 bits per heavy atom. The molecule has 0 bridgehead atoms. The topological polar surface area (TPSA) is 72.2 Å². The SMILES string of the molecule is Cc1ccc(S(=O)(=O)n2ccnc2C(O)(c2ccccc2)c2ccc(Cl)cc2)cc1. The molecule has 1 atom stereocenters. The fourth-order valence-electron chi connectivity index (χ4n) is 3.36. The lowest BCUT2D eigenvalue weighted by atomic mass is 9.85. The molecule has 0 aliphatic rings. The van der Waals surface area contributed by atoms with E-state index in [0.29, 0.717) is 16.1 Å². The molecule has 0 amide bonds. The van der Waals surface area contributed by atoms with Crippen LogP contribution in [-0.2, 0) is 15.6 Å². The minimum absolute atomic E-state index is 0.0309. The molecule has 0 saturated heterocycles. The number of hydrogen-bond donors (Lipinski definition) is 1. The molecule has 1 heterocycles. The van der Waals surface area contributed by atoms with Gasteiger partial charge in [0.15, 0.2) is 11.4 Å². The Bertz CT molecular complexity index is 1270. The summed E-state index contributed by atoms with van der Waals surface area (Å²) in [5, 5.41) is 12.5. The summed E-state index contributed by atoms with van der Waals surface area (Å²) in [5.74, 6) is -0.0309. The summed E-state index contributed by atoms with van der Waals surface area (Å²) in [4.78, 5) is 4.38. The molecule has 0 aliphatic carbocycles. The predicted octanol–water partition coefficient (Wildman–Crippen LogP) is 4.37. The van der Waals surface area contributed by atoms with Crippen molar-refractivity contribution >= 4 is 21.6 Å². The number of aliphatic hydroxyl groups is 1. The lowest BCUT2D eigenvalue weighted by Crippen LogP contribution is -2.34. The van der Waals surface area contributed by atoms with Gasteiger partial charge in [0.2, 0.25) is 0 Å². The molecule has 0 saturated carbocycles. The van der Waals surface area contributed by atoms with E-state index in [4.69, 9.17) is 11.6 Å². The lowest BCUT2D eigenvalue weighted by molar-refractivity contribution is 0.115. The molecule has 0 aliphatic heterocycles. The van der Waals surface area contributed by atoms with Gasteiger partial charge in [0.05, 0.1) is 4.90 Å². The van der Waals surface area contributed by atoms with E-state index in [1.807, 2.05) is 13.0 Å². The van der Waals surface area contributed by atoms with Gasteiger partial charge in [-0.1, -0.05) is 71.8 Å². The van der Waals surface area contributed by atoms with E-state index in [9.17, 15) is 13.5 Å². The van der Waals surface area contributed by atoms with Crippen molar-refractivity contribution in [1.29, 1.82) is 0 Å². The zero-order valence-electron chi connectivity index (χ0n) is 16.1. The van der Waals surface area contributed by atoms with Crippen molar-refractivity contribution in [2.24, 2.45) is 0 Å². The van der Waals surface area contributed by atoms with Crippen LogP contribution in [0.3, 0.4) is 0 Å². The molecule has 5 nitrogen and oxygen atoms in total. The van der Waals surface area contributed by atoms with E-state index in [0.717, 1.165) is 9.54 Å². The minimum Gasteiger partial charge on any atom is -0.373 e. The van der Waals surface area contributed by atoms with Crippen LogP contribution in [0.1, 0.15) is 22.5 Å². The summed E-state index contributed by atoms with van der Waals surface area (Å²) in [7, 11) is -3.98. The third kappa shape index (κ3) is 3.43. The molecule has 7 heteroatoms. The number of aryl methyl sites for hydroxylation is 1. The van der Waals surface area contributed by atoms with Crippen LogP contribution >= 0.6 is 11.6 Å². The van der Waals surface area contributed by atoms with Gasteiger partial charge in [-0.2, -0.15) is 0 Å². The Morgan fingerprint density at radius 1 is 0.900 bits per heavy atom. The zero-order valence-corrected chi connectivity index (χ0v) is 17.7. The van der Waals surface area contributed by atoms with Crippen LogP contribution < -0.4 is 0 Å². The van der Waals surface area contributed by atoms with E-state index in [1.54, 1.807) is 60.7 Å². The standard InChI is InChI=1S/C23H19ClN2O3S/c1-17-7-13-21(14-8-17)30(28,29)26-16-15-25-22(26)23(27,18-5-3-2-4-6-18)19-9-11-20(24)12-10-19/h2-16,27H,1H3. The highest BCUT2D eigenvalue weighted by molar-refractivity contribution is 7.90. The third-order valence-electron chi connectivity index (χ3n) is 4.96. The second kappa shape index (κ2) is 7.72. The number of benzene rings is 3. The van der Waals surface area contributed by atoms with E-state index >= 15 is 0 Å². The first-order chi connectivity index (χ1) is 14.3. The van der Waals surface area contributed by atoms with Gasteiger partial charge in [-0.25, -0.2) is 17.4 Å². The van der Waals surface area contributed by atoms with Crippen LogP contribution in [0.15, 0.2) is 96.2 Å². The molecular weight excluding hydrogens is 420 g/mol. The second-order valence-electron chi connectivity index (χ2n) is 6.95. The molecular formula is C23H19ClN2O3S. The van der Waals surface area contributed by atoms with Crippen molar-refractivity contribution < 1.29 is 13.5 Å². The van der Waals surface area contributed by atoms with Gasteiger partial charge in [0, 0.05) is 17.4 Å². The van der Waals surface area contributed by atoms with Crippen molar-refractivity contribution in [3.05, 3.63) is 119 Å². The smallest absolute Gasteiger partial charge is 0.269 e. The van der Waals surface area contributed by atoms with Crippen LogP contribution in [0, 0.1) is 6.92 Å². The monoisotopic (exact) mass is 438 g/mol. The molecule has 1 unspecified atom stereocenters.